The molecule has 0 spiro atoms. The summed E-state index contributed by atoms with van der Waals surface area (Å²) in [5.74, 6) is -1.04. The number of rotatable bonds is 4. The zero-order chi connectivity index (χ0) is 27.4. The number of aryl methyl sites for hydroxylation is 1. The summed E-state index contributed by atoms with van der Waals surface area (Å²) in [5.41, 5.74) is 12.4. The van der Waals surface area contributed by atoms with Gasteiger partial charge in [-0.05, 0) is 73.2 Å². The lowest BCUT2D eigenvalue weighted by Crippen LogP contribution is -2.23. The number of halogens is 4. The molecular weight excluding hydrogens is 500 g/mol. The van der Waals surface area contributed by atoms with Crippen molar-refractivity contribution in [1.29, 1.82) is 10.8 Å². The van der Waals surface area contributed by atoms with Crippen LogP contribution in [0.2, 0.25) is 0 Å². The number of benzene rings is 2. The van der Waals surface area contributed by atoms with Gasteiger partial charge >= 0.3 is 6.18 Å². The van der Waals surface area contributed by atoms with Gasteiger partial charge in [-0.15, -0.1) is 0 Å². The summed E-state index contributed by atoms with van der Waals surface area (Å²) in [5, 5.41) is 19.7. The Bertz CT molecular complexity index is 1620. The number of nitrogens with two attached hydrogens (primary N) is 2. The fraction of sp³-hybridized carbons (Fsp3) is 0.185. The van der Waals surface area contributed by atoms with E-state index in [9.17, 15) is 22.4 Å². The summed E-state index contributed by atoms with van der Waals surface area (Å²) in [6.45, 7) is 0. The van der Waals surface area contributed by atoms with Crippen LogP contribution in [-0.2, 0) is 17.6 Å². The predicted octanol–water partition coefficient (Wildman–Crippen LogP) is 5.12. The van der Waals surface area contributed by atoms with Gasteiger partial charge in [0, 0.05) is 39.7 Å². The molecule has 1 aliphatic heterocycles. The average Bonchev–Trinajstić information content (AvgIpc) is 3.17. The number of hydrogen-bond donors (Lipinski definition) is 5. The minimum Gasteiger partial charge on any atom is -0.398 e. The lowest BCUT2D eigenvalue weighted by atomic mass is 9.83. The number of nitrogens with one attached hydrogen (secondary N) is 3. The highest BCUT2D eigenvalue weighted by Crippen LogP contribution is 2.39. The molecule has 0 fully saturated rings. The summed E-state index contributed by atoms with van der Waals surface area (Å²) >= 11 is 0. The zero-order valence-corrected chi connectivity index (χ0v) is 19.9. The Morgan fingerprint density at radius 1 is 1.11 bits per heavy atom. The van der Waals surface area contributed by atoms with Crippen molar-refractivity contribution < 1.29 is 22.4 Å². The van der Waals surface area contributed by atoms with Crippen LogP contribution in [0.5, 0.6) is 0 Å². The predicted molar refractivity (Wildman–Crippen MR) is 139 cm³/mol. The fourth-order valence-electron chi connectivity index (χ4n) is 5.10. The van der Waals surface area contributed by atoms with Gasteiger partial charge in [-0.1, -0.05) is 0 Å². The van der Waals surface area contributed by atoms with Crippen LogP contribution in [0.25, 0.3) is 22.0 Å². The molecule has 2 aliphatic rings. The van der Waals surface area contributed by atoms with E-state index in [2.05, 4.69) is 10.3 Å². The lowest BCUT2D eigenvalue weighted by Gasteiger charge is -2.24. The monoisotopic (exact) mass is 522 g/mol. The Labute approximate surface area is 214 Å². The largest absolute Gasteiger partial charge is 0.431 e. The van der Waals surface area contributed by atoms with Crippen molar-refractivity contribution in [3.05, 3.63) is 75.9 Å². The molecule has 0 bridgehead atoms. The van der Waals surface area contributed by atoms with Crippen LogP contribution in [0, 0.1) is 16.6 Å². The molecule has 0 saturated heterocycles. The first-order valence-corrected chi connectivity index (χ1v) is 11.7. The van der Waals surface area contributed by atoms with Gasteiger partial charge < -0.3 is 27.6 Å². The number of aromatic nitrogens is 1. The van der Waals surface area contributed by atoms with E-state index in [1.807, 2.05) is 0 Å². The molecule has 0 radical (unpaired) electrons. The number of allylic oxidation sites excluding steroid dienone is 3. The third-order valence-electron chi connectivity index (χ3n) is 6.82. The number of nitrogen functional groups attached to an aromatic ring is 1. The molecule has 2 aromatic carbocycles. The Morgan fingerprint density at radius 3 is 2.50 bits per heavy atom. The van der Waals surface area contributed by atoms with Crippen molar-refractivity contribution in [2.45, 2.75) is 31.9 Å². The van der Waals surface area contributed by atoms with Gasteiger partial charge in [0.25, 0.3) is 5.91 Å². The van der Waals surface area contributed by atoms with Crippen molar-refractivity contribution in [3.63, 3.8) is 0 Å². The second kappa shape index (κ2) is 9.09. The molecule has 7 nitrogen and oxygen atoms in total. The van der Waals surface area contributed by atoms with Gasteiger partial charge in [0.05, 0.1) is 22.5 Å². The molecule has 0 unspecified atom stereocenters. The van der Waals surface area contributed by atoms with E-state index in [0.29, 0.717) is 53.2 Å². The first kappa shape index (κ1) is 25.1. The molecule has 1 aromatic heterocycles. The van der Waals surface area contributed by atoms with Crippen molar-refractivity contribution in [2.24, 2.45) is 5.73 Å². The number of pyridine rings is 1. The minimum atomic E-state index is -4.84. The molecule has 1 amide bonds. The summed E-state index contributed by atoms with van der Waals surface area (Å²) in [6, 6.07) is 6.88. The highest BCUT2D eigenvalue weighted by atomic mass is 19.4. The molecule has 5 rings (SSSR count). The quantitative estimate of drug-likeness (QED) is 0.140. The first-order valence-electron chi connectivity index (χ1n) is 11.7. The number of hydrogen-bond acceptors (Lipinski definition) is 6. The SMILES string of the molecule is N=CC(=C(N)C(F)(F)F)c1nc2ccc(N)c(C(=N)/C=C3\C(=O)Nc4ccc(F)cc43)c2c2c1CCCC2. The molecule has 0 atom stereocenters. The number of alkyl halides is 3. The van der Waals surface area contributed by atoms with Gasteiger partial charge in [0.1, 0.15) is 11.5 Å². The zero-order valence-electron chi connectivity index (χ0n) is 19.9. The standard InChI is InChI=1S/C27H22F4N6O/c28-12-5-7-20-15(9-12)16(26(38)37-20)10-19(34)23-18(33)6-8-21-22(23)13-3-1-2-4-14(13)24(36-21)17(11-32)25(35)27(29,30)31/h5-11,32,34H,1-4,33,35H2,(H,37,38)/b16-10-,25-17?,32-11?,34-19?. The molecular formula is C27H22F4N6O. The van der Waals surface area contributed by atoms with E-state index in [1.165, 1.54) is 30.3 Å². The normalized spacial score (nSPS) is 16.6. The smallest absolute Gasteiger partial charge is 0.398 e. The second-order valence-electron chi connectivity index (χ2n) is 9.13. The van der Waals surface area contributed by atoms with Gasteiger partial charge in [0.2, 0.25) is 0 Å². The van der Waals surface area contributed by atoms with Gasteiger partial charge in [-0.25, -0.2) is 9.37 Å². The van der Waals surface area contributed by atoms with E-state index >= 15 is 0 Å². The Hall–Kier alpha value is -4.54. The maximum atomic E-state index is 13.9. The van der Waals surface area contributed by atoms with E-state index in [1.54, 1.807) is 6.07 Å². The van der Waals surface area contributed by atoms with Crippen LogP contribution in [0.1, 0.15) is 40.8 Å². The van der Waals surface area contributed by atoms with Crippen molar-refractivity contribution in [2.75, 3.05) is 11.1 Å². The van der Waals surface area contributed by atoms with Crippen LogP contribution in [0.3, 0.4) is 0 Å². The summed E-state index contributed by atoms with van der Waals surface area (Å²) in [4.78, 5) is 17.1. The van der Waals surface area contributed by atoms with Crippen LogP contribution in [0.4, 0.5) is 28.9 Å². The molecule has 11 heteroatoms. The number of fused-ring (bicyclic) bond motifs is 4. The summed E-state index contributed by atoms with van der Waals surface area (Å²) in [7, 11) is 0. The topological polar surface area (TPSA) is 142 Å². The van der Waals surface area contributed by atoms with Crippen LogP contribution < -0.4 is 16.8 Å². The lowest BCUT2D eigenvalue weighted by molar-refractivity contribution is -0.110. The Balaban J connectivity index is 1.75. The molecule has 2 heterocycles. The number of anilines is 2. The summed E-state index contributed by atoms with van der Waals surface area (Å²) < 4.78 is 54.3. The molecule has 194 valence electrons. The van der Waals surface area contributed by atoms with E-state index in [-0.39, 0.29) is 33.7 Å². The van der Waals surface area contributed by atoms with Crippen molar-refractivity contribution in [3.8, 4) is 0 Å². The maximum Gasteiger partial charge on any atom is 0.431 e. The maximum absolute atomic E-state index is 13.9. The van der Waals surface area contributed by atoms with Gasteiger partial charge in [-0.3, -0.25) is 4.79 Å². The molecule has 38 heavy (non-hydrogen) atoms. The minimum absolute atomic E-state index is 0.0165. The summed E-state index contributed by atoms with van der Waals surface area (Å²) in [6.07, 6.45) is -0.622. The molecule has 7 N–H and O–H groups in total. The van der Waals surface area contributed by atoms with Crippen molar-refractivity contribution >= 4 is 51.3 Å². The molecule has 1 aliphatic carbocycles. The van der Waals surface area contributed by atoms with Crippen LogP contribution >= 0.6 is 0 Å². The Kier molecular flexibility index (Phi) is 6.01. The van der Waals surface area contributed by atoms with Gasteiger partial charge in [0.15, 0.2) is 0 Å². The molecule has 3 aromatic rings. The highest BCUT2D eigenvalue weighted by Gasteiger charge is 2.36. The Morgan fingerprint density at radius 2 is 1.82 bits per heavy atom. The molecule has 0 saturated carbocycles. The van der Waals surface area contributed by atoms with Gasteiger partial charge in [-0.2, -0.15) is 13.2 Å². The van der Waals surface area contributed by atoms with E-state index in [0.717, 1.165) is 6.42 Å². The average molecular weight is 523 g/mol. The number of carbonyl (C=O) groups excluding carboxylic acids is 1. The van der Waals surface area contributed by atoms with E-state index < -0.39 is 29.2 Å². The highest BCUT2D eigenvalue weighted by molar-refractivity contribution is 6.36. The number of nitrogens with zero attached hydrogens (tertiary/aromatic N) is 1. The van der Waals surface area contributed by atoms with Crippen LogP contribution in [-0.4, -0.2) is 29.0 Å². The third-order valence-corrected chi connectivity index (χ3v) is 6.82. The second-order valence-corrected chi connectivity index (χ2v) is 9.13. The first-order chi connectivity index (χ1) is 18.0. The van der Waals surface area contributed by atoms with Crippen molar-refractivity contribution in [1.82, 2.24) is 4.98 Å². The number of amides is 1. The van der Waals surface area contributed by atoms with Crippen LogP contribution in [0.15, 0.2) is 42.1 Å². The number of carbonyl (C=O) groups is 1. The van der Waals surface area contributed by atoms with E-state index in [4.69, 9.17) is 22.3 Å². The fourth-order valence-corrected chi connectivity index (χ4v) is 5.10. The third kappa shape index (κ3) is 4.09.